The van der Waals surface area contributed by atoms with E-state index in [0.717, 1.165) is 34.7 Å². The van der Waals surface area contributed by atoms with Crippen LogP contribution < -0.4 is 14.9 Å². The van der Waals surface area contributed by atoms with E-state index in [-0.39, 0.29) is 11.7 Å². The predicted molar refractivity (Wildman–Crippen MR) is 152 cm³/mol. The van der Waals surface area contributed by atoms with Crippen molar-refractivity contribution in [1.82, 2.24) is 20.2 Å². The summed E-state index contributed by atoms with van der Waals surface area (Å²) in [7, 11) is 0. The minimum atomic E-state index is -0.261. The van der Waals surface area contributed by atoms with E-state index in [1.165, 1.54) is 11.8 Å². The first kappa shape index (κ1) is 27.2. The lowest BCUT2D eigenvalue weighted by atomic mass is 10.2. The van der Waals surface area contributed by atoms with Crippen LogP contribution in [0.2, 0.25) is 5.02 Å². The minimum Gasteiger partial charge on any atom is -0.494 e. The number of halogens is 1. The van der Waals surface area contributed by atoms with Crippen molar-refractivity contribution in [1.29, 1.82) is 0 Å². The highest BCUT2D eigenvalue weighted by atomic mass is 35.5. The number of carbonyl (C=O) groups excluding carboxylic acids is 1. The molecule has 0 saturated carbocycles. The Morgan fingerprint density at radius 1 is 0.974 bits per heavy atom. The van der Waals surface area contributed by atoms with E-state index in [1.54, 1.807) is 18.3 Å². The molecule has 0 aliphatic heterocycles. The van der Waals surface area contributed by atoms with Gasteiger partial charge in [0.1, 0.15) is 11.5 Å². The summed E-state index contributed by atoms with van der Waals surface area (Å²) in [6, 6.07) is 22.5. The van der Waals surface area contributed by atoms with Gasteiger partial charge in [-0.15, -0.1) is 10.2 Å². The Morgan fingerprint density at radius 3 is 2.34 bits per heavy atom. The molecular weight excluding hydrogens is 522 g/mol. The zero-order valence-corrected chi connectivity index (χ0v) is 22.7. The quantitative estimate of drug-likeness (QED) is 0.132. The second-order valence-corrected chi connectivity index (χ2v) is 9.45. The summed E-state index contributed by atoms with van der Waals surface area (Å²) in [5, 5.41) is 14.0. The lowest BCUT2D eigenvalue weighted by Gasteiger charge is -2.11. The number of nitrogens with zero attached hydrogens (tertiary/aromatic N) is 4. The molecular formula is C28H28ClN5O3S. The van der Waals surface area contributed by atoms with Gasteiger partial charge in [-0.05, 0) is 91.7 Å². The molecule has 0 saturated heterocycles. The average molecular weight is 550 g/mol. The van der Waals surface area contributed by atoms with E-state index < -0.39 is 0 Å². The molecule has 0 atom stereocenters. The van der Waals surface area contributed by atoms with Crippen molar-refractivity contribution in [2.75, 3.05) is 19.0 Å². The Labute approximate surface area is 231 Å². The fourth-order valence-electron chi connectivity index (χ4n) is 3.45. The summed E-state index contributed by atoms with van der Waals surface area (Å²) < 4.78 is 13.1. The third-order valence-electron chi connectivity index (χ3n) is 5.23. The highest BCUT2D eigenvalue weighted by molar-refractivity contribution is 7.99. The van der Waals surface area contributed by atoms with Crippen LogP contribution in [0.1, 0.15) is 25.8 Å². The molecule has 1 heterocycles. The third-order valence-corrected chi connectivity index (χ3v) is 6.41. The summed E-state index contributed by atoms with van der Waals surface area (Å²) in [5.74, 6) is 2.06. The van der Waals surface area contributed by atoms with Crippen molar-refractivity contribution >= 4 is 35.5 Å². The van der Waals surface area contributed by atoms with Crippen LogP contribution in [0.3, 0.4) is 0 Å². The molecule has 0 aliphatic rings. The van der Waals surface area contributed by atoms with Crippen molar-refractivity contribution in [3.05, 3.63) is 83.4 Å². The molecule has 8 nitrogen and oxygen atoms in total. The van der Waals surface area contributed by atoms with Gasteiger partial charge in [-0.2, -0.15) is 5.10 Å². The molecule has 4 aromatic rings. The molecule has 0 bridgehead atoms. The number of carbonyl (C=O) groups is 1. The molecule has 1 amide bonds. The van der Waals surface area contributed by atoms with Gasteiger partial charge in [-0.3, -0.25) is 9.36 Å². The van der Waals surface area contributed by atoms with E-state index in [4.69, 9.17) is 21.1 Å². The van der Waals surface area contributed by atoms with Crippen LogP contribution in [-0.2, 0) is 4.79 Å². The standard InChI is InChI=1S/C28H28ClN5O3S/c1-3-17-37-25-13-5-20(6-14-25)18-30-31-26(35)19-38-28-33-32-27(21-7-9-22(29)10-8-21)34(28)23-11-15-24(16-12-23)36-4-2/h5-16,18H,3-4,17,19H2,1-2H3,(H,31,35)/b30-18+. The van der Waals surface area contributed by atoms with Crippen LogP contribution in [-0.4, -0.2) is 45.9 Å². The van der Waals surface area contributed by atoms with E-state index in [0.29, 0.717) is 29.2 Å². The zero-order chi connectivity index (χ0) is 26.7. The molecule has 4 rings (SSSR count). The Morgan fingerprint density at radius 2 is 1.66 bits per heavy atom. The summed E-state index contributed by atoms with van der Waals surface area (Å²) in [4.78, 5) is 12.5. The van der Waals surface area contributed by atoms with Gasteiger partial charge in [0.05, 0.1) is 25.2 Å². The molecule has 1 aromatic heterocycles. The van der Waals surface area contributed by atoms with Crippen LogP contribution in [0.4, 0.5) is 0 Å². The van der Waals surface area contributed by atoms with E-state index in [2.05, 4.69) is 27.6 Å². The number of benzene rings is 3. The summed E-state index contributed by atoms with van der Waals surface area (Å²) in [5.41, 5.74) is 5.11. The van der Waals surface area contributed by atoms with E-state index in [1.807, 2.05) is 72.2 Å². The topological polar surface area (TPSA) is 90.6 Å². The van der Waals surface area contributed by atoms with Crippen LogP contribution in [0.25, 0.3) is 17.1 Å². The van der Waals surface area contributed by atoms with E-state index >= 15 is 0 Å². The molecule has 38 heavy (non-hydrogen) atoms. The highest BCUT2D eigenvalue weighted by Gasteiger charge is 2.17. The van der Waals surface area contributed by atoms with Gasteiger partial charge in [0.2, 0.25) is 0 Å². The molecule has 1 N–H and O–H groups in total. The first-order valence-corrected chi connectivity index (χ1v) is 13.6. The van der Waals surface area contributed by atoms with Crippen molar-refractivity contribution in [2.45, 2.75) is 25.4 Å². The Bertz CT molecular complexity index is 1360. The van der Waals surface area contributed by atoms with Crippen LogP contribution in [0, 0.1) is 0 Å². The number of hydrazone groups is 1. The predicted octanol–water partition coefficient (Wildman–Crippen LogP) is 6.02. The molecule has 3 aromatic carbocycles. The summed E-state index contributed by atoms with van der Waals surface area (Å²) in [6.07, 6.45) is 2.54. The number of nitrogens with one attached hydrogen (secondary N) is 1. The van der Waals surface area contributed by atoms with Crippen LogP contribution in [0.15, 0.2) is 83.1 Å². The van der Waals surface area contributed by atoms with Crippen LogP contribution in [0.5, 0.6) is 11.5 Å². The smallest absolute Gasteiger partial charge is 0.250 e. The lowest BCUT2D eigenvalue weighted by Crippen LogP contribution is -2.20. The first-order valence-electron chi connectivity index (χ1n) is 12.2. The molecule has 0 fully saturated rings. The first-order chi connectivity index (χ1) is 18.6. The van der Waals surface area contributed by atoms with Gasteiger partial charge >= 0.3 is 0 Å². The second-order valence-electron chi connectivity index (χ2n) is 8.07. The molecule has 10 heteroatoms. The fraction of sp³-hybridized carbons (Fsp3) is 0.214. The Balaban J connectivity index is 1.45. The summed E-state index contributed by atoms with van der Waals surface area (Å²) >= 11 is 7.34. The number of rotatable bonds is 12. The number of hydrogen-bond acceptors (Lipinski definition) is 7. The maximum atomic E-state index is 12.5. The summed E-state index contributed by atoms with van der Waals surface area (Å²) in [6.45, 7) is 5.26. The maximum Gasteiger partial charge on any atom is 0.250 e. The SMILES string of the molecule is CCCOc1ccc(/C=N/NC(=O)CSc2nnc(-c3ccc(Cl)cc3)n2-c2ccc(OCC)cc2)cc1. The minimum absolute atomic E-state index is 0.108. The number of ether oxygens (including phenoxy) is 2. The van der Waals surface area contributed by atoms with Gasteiger partial charge in [0.15, 0.2) is 11.0 Å². The molecule has 196 valence electrons. The third kappa shape index (κ3) is 7.36. The molecule has 0 spiro atoms. The van der Waals surface area contributed by atoms with Crippen molar-refractivity contribution in [2.24, 2.45) is 5.10 Å². The van der Waals surface area contributed by atoms with Crippen molar-refractivity contribution in [3.63, 3.8) is 0 Å². The van der Waals surface area contributed by atoms with E-state index in [9.17, 15) is 4.79 Å². The monoisotopic (exact) mass is 549 g/mol. The highest BCUT2D eigenvalue weighted by Crippen LogP contribution is 2.29. The molecule has 0 radical (unpaired) electrons. The van der Waals surface area contributed by atoms with Gasteiger partial charge in [-0.1, -0.05) is 30.3 Å². The average Bonchev–Trinajstić information content (AvgIpc) is 3.36. The van der Waals surface area contributed by atoms with Gasteiger partial charge in [0, 0.05) is 16.3 Å². The second kappa shape index (κ2) is 13.6. The Hall–Kier alpha value is -3.82. The number of aromatic nitrogens is 3. The molecule has 0 unspecified atom stereocenters. The number of thioether (sulfide) groups is 1. The fourth-order valence-corrected chi connectivity index (χ4v) is 4.32. The van der Waals surface area contributed by atoms with Crippen molar-refractivity contribution < 1.29 is 14.3 Å². The zero-order valence-electron chi connectivity index (χ0n) is 21.1. The molecule has 0 aliphatic carbocycles. The van der Waals surface area contributed by atoms with Gasteiger partial charge in [-0.25, -0.2) is 5.43 Å². The Kier molecular flexibility index (Phi) is 9.77. The number of hydrogen-bond donors (Lipinski definition) is 1. The maximum absolute atomic E-state index is 12.5. The van der Waals surface area contributed by atoms with Gasteiger partial charge in [0.25, 0.3) is 5.91 Å². The largest absolute Gasteiger partial charge is 0.494 e. The van der Waals surface area contributed by atoms with Crippen molar-refractivity contribution in [3.8, 4) is 28.6 Å². The van der Waals surface area contributed by atoms with Crippen LogP contribution >= 0.6 is 23.4 Å². The van der Waals surface area contributed by atoms with Gasteiger partial charge < -0.3 is 9.47 Å². The number of amides is 1. The lowest BCUT2D eigenvalue weighted by molar-refractivity contribution is -0.118. The normalized spacial score (nSPS) is 11.0.